The van der Waals surface area contributed by atoms with Crippen LogP contribution in [-0.2, 0) is 9.59 Å². The van der Waals surface area contributed by atoms with Crippen LogP contribution in [0.25, 0.3) is 0 Å². The van der Waals surface area contributed by atoms with Crippen LogP contribution >= 0.6 is 11.6 Å². The van der Waals surface area contributed by atoms with Gasteiger partial charge in [0, 0.05) is 18.9 Å². The van der Waals surface area contributed by atoms with E-state index in [0.29, 0.717) is 0 Å². The summed E-state index contributed by atoms with van der Waals surface area (Å²) in [6, 6.07) is 0.169. The van der Waals surface area contributed by atoms with Crippen LogP contribution in [-0.4, -0.2) is 17.2 Å². The number of nitrogens with one attached hydrogen (secondary N) is 1. The van der Waals surface area contributed by atoms with Crippen LogP contribution < -0.4 is 5.32 Å². The van der Waals surface area contributed by atoms with Crippen molar-refractivity contribution in [2.75, 3.05) is 0 Å². The Morgan fingerprint density at radius 3 is 2.42 bits per heavy atom. The summed E-state index contributed by atoms with van der Waals surface area (Å²) in [4.78, 5) is 21.3. The highest BCUT2D eigenvalue weighted by Gasteiger charge is 2.06. The lowest BCUT2D eigenvalue weighted by molar-refractivity contribution is -0.123. The molecule has 0 saturated carbocycles. The second kappa shape index (κ2) is 6.00. The van der Waals surface area contributed by atoms with Gasteiger partial charge < -0.3 is 5.32 Å². The summed E-state index contributed by atoms with van der Waals surface area (Å²) in [5.74, 6) is -0.113. The van der Waals surface area contributed by atoms with Crippen molar-refractivity contribution in [1.82, 2.24) is 5.32 Å². The third-order valence-electron chi connectivity index (χ3n) is 1.57. The van der Waals surface area contributed by atoms with Crippen molar-refractivity contribution in [3.8, 4) is 0 Å². The molecular weight excluding hydrogens is 178 g/mol. The molecule has 70 valence electrons. The first kappa shape index (κ1) is 11.4. The molecular formula is C8H14ClNO2. The van der Waals surface area contributed by atoms with Crippen molar-refractivity contribution in [3.05, 3.63) is 0 Å². The number of halogens is 1. The summed E-state index contributed by atoms with van der Waals surface area (Å²) in [5, 5.41) is 2.27. The number of carbonyl (C=O) groups excluding carboxylic acids is 2. The standard InChI is InChI=1S/C8H14ClNO2/c1-3-6(2)10-8(12)5-4-7(9)11/h6H,3-5H2,1-2H3,(H,10,12). The molecule has 0 spiro atoms. The second-order valence-corrected chi connectivity index (χ2v) is 3.15. The lowest BCUT2D eigenvalue weighted by Crippen LogP contribution is -2.31. The zero-order valence-electron chi connectivity index (χ0n) is 7.39. The van der Waals surface area contributed by atoms with Crippen LogP contribution in [0.5, 0.6) is 0 Å². The van der Waals surface area contributed by atoms with E-state index in [1.54, 1.807) is 0 Å². The molecule has 3 nitrogen and oxygen atoms in total. The summed E-state index contributed by atoms with van der Waals surface area (Å²) in [6.45, 7) is 3.90. The van der Waals surface area contributed by atoms with Crippen LogP contribution in [0.2, 0.25) is 0 Å². The van der Waals surface area contributed by atoms with E-state index in [0.717, 1.165) is 6.42 Å². The third kappa shape index (κ3) is 6.16. The molecule has 0 aliphatic carbocycles. The van der Waals surface area contributed by atoms with Crippen LogP contribution in [0, 0.1) is 0 Å². The molecule has 0 aromatic heterocycles. The van der Waals surface area contributed by atoms with Gasteiger partial charge in [-0.25, -0.2) is 0 Å². The Bertz CT molecular complexity index is 170. The summed E-state index contributed by atoms with van der Waals surface area (Å²) in [7, 11) is 0. The maximum Gasteiger partial charge on any atom is 0.222 e. The largest absolute Gasteiger partial charge is 0.354 e. The van der Waals surface area contributed by atoms with E-state index in [2.05, 4.69) is 5.32 Å². The number of amides is 1. The summed E-state index contributed by atoms with van der Waals surface area (Å²) >= 11 is 5.07. The monoisotopic (exact) mass is 191 g/mol. The Morgan fingerprint density at radius 2 is 2.00 bits per heavy atom. The van der Waals surface area contributed by atoms with Crippen LogP contribution in [0.15, 0.2) is 0 Å². The van der Waals surface area contributed by atoms with Gasteiger partial charge in [0.25, 0.3) is 0 Å². The molecule has 0 rings (SSSR count). The van der Waals surface area contributed by atoms with E-state index in [-0.39, 0.29) is 24.8 Å². The molecule has 0 radical (unpaired) electrons. The molecule has 4 heteroatoms. The molecule has 0 aromatic rings. The van der Waals surface area contributed by atoms with Gasteiger partial charge in [0.2, 0.25) is 11.1 Å². The van der Waals surface area contributed by atoms with Gasteiger partial charge in [-0.3, -0.25) is 9.59 Å². The molecule has 1 N–H and O–H groups in total. The molecule has 0 heterocycles. The van der Waals surface area contributed by atoms with Gasteiger partial charge in [-0.15, -0.1) is 0 Å². The van der Waals surface area contributed by atoms with E-state index in [1.807, 2.05) is 13.8 Å². The smallest absolute Gasteiger partial charge is 0.222 e. The van der Waals surface area contributed by atoms with Gasteiger partial charge >= 0.3 is 0 Å². The lowest BCUT2D eigenvalue weighted by atomic mass is 10.2. The first-order chi connectivity index (χ1) is 5.56. The first-order valence-corrected chi connectivity index (χ1v) is 4.41. The average Bonchev–Trinajstić information content (AvgIpc) is 2.00. The highest BCUT2D eigenvalue weighted by molar-refractivity contribution is 6.63. The maximum absolute atomic E-state index is 11.0. The highest BCUT2D eigenvalue weighted by Crippen LogP contribution is 1.96. The summed E-state index contributed by atoms with van der Waals surface area (Å²) in [5.41, 5.74) is 0. The summed E-state index contributed by atoms with van der Waals surface area (Å²) in [6.07, 6.45) is 1.19. The zero-order valence-corrected chi connectivity index (χ0v) is 8.15. The number of carbonyl (C=O) groups is 2. The topological polar surface area (TPSA) is 46.2 Å². The molecule has 12 heavy (non-hydrogen) atoms. The van der Waals surface area contributed by atoms with E-state index in [9.17, 15) is 9.59 Å². The minimum Gasteiger partial charge on any atom is -0.354 e. The molecule has 0 aromatic carbocycles. The van der Waals surface area contributed by atoms with Gasteiger partial charge in [-0.1, -0.05) is 6.92 Å². The SMILES string of the molecule is CCC(C)NC(=O)CCC(=O)Cl. The van der Waals surface area contributed by atoms with Gasteiger partial charge in [0.1, 0.15) is 0 Å². The number of hydrogen-bond donors (Lipinski definition) is 1. The van der Waals surface area contributed by atoms with Crippen LogP contribution in [0.3, 0.4) is 0 Å². The van der Waals surface area contributed by atoms with E-state index < -0.39 is 5.24 Å². The van der Waals surface area contributed by atoms with Crippen molar-refractivity contribution in [2.24, 2.45) is 0 Å². The van der Waals surface area contributed by atoms with Crippen molar-refractivity contribution < 1.29 is 9.59 Å². The third-order valence-corrected chi connectivity index (χ3v) is 1.76. The Hall–Kier alpha value is -0.570. The van der Waals surface area contributed by atoms with Gasteiger partial charge in [-0.2, -0.15) is 0 Å². The Morgan fingerprint density at radius 1 is 1.42 bits per heavy atom. The average molecular weight is 192 g/mol. The zero-order chi connectivity index (χ0) is 9.56. The minimum atomic E-state index is -0.464. The first-order valence-electron chi connectivity index (χ1n) is 4.04. The van der Waals surface area contributed by atoms with Gasteiger partial charge in [0.05, 0.1) is 0 Å². The normalized spacial score (nSPS) is 12.2. The van der Waals surface area contributed by atoms with E-state index in [4.69, 9.17) is 11.6 Å². The van der Waals surface area contributed by atoms with Crippen molar-refractivity contribution >= 4 is 22.8 Å². The number of hydrogen-bond acceptors (Lipinski definition) is 2. The Kier molecular flexibility index (Phi) is 5.72. The van der Waals surface area contributed by atoms with E-state index >= 15 is 0 Å². The minimum absolute atomic E-state index is 0.113. The molecule has 0 saturated heterocycles. The van der Waals surface area contributed by atoms with Crippen molar-refractivity contribution in [2.45, 2.75) is 39.2 Å². The molecule has 0 aliphatic heterocycles. The van der Waals surface area contributed by atoms with Crippen LogP contribution in [0.1, 0.15) is 33.1 Å². The van der Waals surface area contributed by atoms with Crippen molar-refractivity contribution in [1.29, 1.82) is 0 Å². The second-order valence-electron chi connectivity index (χ2n) is 2.73. The molecule has 1 amide bonds. The lowest BCUT2D eigenvalue weighted by Gasteiger charge is -2.09. The van der Waals surface area contributed by atoms with E-state index in [1.165, 1.54) is 0 Å². The van der Waals surface area contributed by atoms with Gasteiger partial charge in [0.15, 0.2) is 0 Å². The fourth-order valence-electron chi connectivity index (χ4n) is 0.661. The fourth-order valence-corrected chi connectivity index (χ4v) is 0.755. The Balaban J connectivity index is 3.53. The maximum atomic E-state index is 11.0. The van der Waals surface area contributed by atoms with Gasteiger partial charge in [-0.05, 0) is 24.9 Å². The number of rotatable bonds is 5. The van der Waals surface area contributed by atoms with Crippen LogP contribution in [0.4, 0.5) is 0 Å². The van der Waals surface area contributed by atoms with Crippen molar-refractivity contribution in [3.63, 3.8) is 0 Å². The quantitative estimate of drug-likeness (QED) is 0.669. The summed E-state index contributed by atoms with van der Waals surface area (Å²) < 4.78 is 0. The molecule has 0 bridgehead atoms. The fraction of sp³-hybridized carbons (Fsp3) is 0.750. The molecule has 1 unspecified atom stereocenters. The predicted molar refractivity (Wildman–Crippen MR) is 48.0 cm³/mol. The molecule has 0 fully saturated rings. The molecule has 0 aliphatic rings. The predicted octanol–water partition coefficient (Wildman–Crippen LogP) is 1.45. The molecule has 1 atom stereocenters. The Labute approximate surface area is 77.5 Å². The highest BCUT2D eigenvalue weighted by atomic mass is 35.5.